The highest BCUT2D eigenvalue weighted by Gasteiger charge is 2.19. The average Bonchev–Trinajstić information content (AvgIpc) is 2.61. The molecule has 19 heavy (non-hydrogen) atoms. The Labute approximate surface area is 115 Å². The number of likely N-dealkylation sites (N-methyl/N-ethyl adjacent to an activating group) is 1. The minimum Gasteiger partial charge on any atom is -0.313 e. The molecular formula is C16H23N3. The van der Waals surface area contributed by atoms with Gasteiger partial charge in [-0.2, -0.15) is 5.10 Å². The summed E-state index contributed by atoms with van der Waals surface area (Å²) in [6.45, 7) is 6.36. The van der Waals surface area contributed by atoms with Crippen LogP contribution in [0.15, 0.2) is 24.3 Å². The Kier molecular flexibility index (Phi) is 4.05. The first-order chi connectivity index (χ1) is 9.02. The van der Waals surface area contributed by atoms with Crippen molar-refractivity contribution in [3.05, 3.63) is 52.3 Å². The Balaban J connectivity index is 2.30. The van der Waals surface area contributed by atoms with E-state index in [0.717, 1.165) is 12.1 Å². The molecule has 0 saturated heterocycles. The first-order valence-corrected chi connectivity index (χ1v) is 6.75. The second-order valence-corrected chi connectivity index (χ2v) is 5.24. The second kappa shape index (κ2) is 5.57. The summed E-state index contributed by atoms with van der Waals surface area (Å²) in [4.78, 5) is 0. The molecule has 0 radical (unpaired) electrons. The van der Waals surface area contributed by atoms with Crippen molar-refractivity contribution in [1.82, 2.24) is 15.1 Å². The van der Waals surface area contributed by atoms with E-state index < -0.39 is 0 Å². The van der Waals surface area contributed by atoms with Crippen LogP contribution in [0, 0.1) is 20.8 Å². The lowest BCUT2D eigenvalue weighted by Crippen LogP contribution is -2.20. The molecule has 1 aromatic carbocycles. The van der Waals surface area contributed by atoms with E-state index >= 15 is 0 Å². The molecule has 2 aromatic rings. The lowest BCUT2D eigenvalue weighted by Gasteiger charge is -2.17. The van der Waals surface area contributed by atoms with E-state index in [0.29, 0.717) is 6.04 Å². The predicted molar refractivity (Wildman–Crippen MR) is 79.4 cm³/mol. The lowest BCUT2D eigenvalue weighted by molar-refractivity contribution is 0.584. The highest BCUT2D eigenvalue weighted by molar-refractivity contribution is 5.31. The molecule has 3 heteroatoms. The van der Waals surface area contributed by atoms with Gasteiger partial charge < -0.3 is 5.32 Å². The van der Waals surface area contributed by atoms with Gasteiger partial charge in [0, 0.05) is 24.3 Å². The molecule has 0 saturated carbocycles. The van der Waals surface area contributed by atoms with Crippen molar-refractivity contribution in [2.45, 2.75) is 33.2 Å². The van der Waals surface area contributed by atoms with Gasteiger partial charge in [-0.05, 0) is 39.8 Å². The van der Waals surface area contributed by atoms with Crippen LogP contribution >= 0.6 is 0 Å². The fourth-order valence-electron chi connectivity index (χ4n) is 2.72. The summed E-state index contributed by atoms with van der Waals surface area (Å²) in [7, 11) is 4.03. The third-order valence-corrected chi connectivity index (χ3v) is 3.78. The molecule has 0 bridgehead atoms. The van der Waals surface area contributed by atoms with Crippen LogP contribution in [0.4, 0.5) is 0 Å². The van der Waals surface area contributed by atoms with Crippen molar-refractivity contribution >= 4 is 0 Å². The first kappa shape index (κ1) is 13.8. The van der Waals surface area contributed by atoms with Gasteiger partial charge >= 0.3 is 0 Å². The second-order valence-electron chi connectivity index (χ2n) is 5.24. The smallest absolute Gasteiger partial charge is 0.0644 e. The Morgan fingerprint density at radius 2 is 2.00 bits per heavy atom. The van der Waals surface area contributed by atoms with Crippen molar-refractivity contribution < 1.29 is 0 Å². The largest absolute Gasteiger partial charge is 0.313 e. The molecule has 1 aromatic heterocycles. The van der Waals surface area contributed by atoms with Crippen molar-refractivity contribution in [2.75, 3.05) is 7.05 Å². The molecule has 0 aliphatic rings. The number of aryl methyl sites for hydroxylation is 3. The molecule has 0 spiro atoms. The summed E-state index contributed by atoms with van der Waals surface area (Å²) in [6.07, 6.45) is 0.992. The Hall–Kier alpha value is -1.61. The fraction of sp³-hybridized carbons (Fsp3) is 0.438. The van der Waals surface area contributed by atoms with Crippen LogP contribution in [-0.2, 0) is 13.5 Å². The summed E-state index contributed by atoms with van der Waals surface area (Å²) in [5.41, 5.74) is 6.36. The molecule has 0 fully saturated rings. The normalized spacial score (nSPS) is 12.7. The topological polar surface area (TPSA) is 29.9 Å². The fourth-order valence-corrected chi connectivity index (χ4v) is 2.72. The van der Waals surface area contributed by atoms with Gasteiger partial charge in [-0.15, -0.1) is 0 Å². The number of nitrogens with zero attached hydrogens (tertiary/aromatic N) is 2. The van der Waals surface area contributed by atoms with Crippen LogP contribution in [0.2, 0.25) is 0 Å². The summed E-state index contributed by atoms with van der Waals surface area (Å²) >= 11 is 0. The van der Waals surface area contributed by atoms with Gasteiger partial charge in [-0.1, -0.05) is 29.8 Å². The van der Waals surface area contributed by atoms with E-state index in [9.17, 15) is 0 Å². The van der Waals surface area contributed by atoms with Crippen molar-refractivity contribution in [3.8, 4) is 0 Å². The zero-order valence-corrected chi connectivity index (χ0v) is 12.5. The highest BCUT2D eigenvalue weighted by atomic mass is 15.3. The summed E-state index contributed by atoms with van der Waals surface area (Å²) in [5, 5.41) is 7.94. The van der Waals surface area contributed by atoms with Crippen LogP contribution in [-0.4, -0.2) is 16.8 Å². The first-order valence-electron chi connectivity index (χ1n) is 6.75. The molecule has 3 nitrogen and oxygen atoms in total. The van der Waals surface area contributed by atoms with Crippen LogP contribution < -0.4 is 5.32 Å². The number of nitrogens with one attached hydrogen (secondary N) is 1. The van der Waals surface area contributed by atoms with Gasteiger partial charge in [0.25, 0.3) is 0 Å². The Morgan fingerprint density at radius 3 is 2.53 bits per heavy atom. The highest BCUT2D eigenvalue weighted by Crippen LogP contribution is 2.24. The van der Waals surface area contributed by atoms with Gasteiger partial charge in [-0.3, -0.25) is 4.68 Å². The Morgan fingerprint density at radius 1 is 1.26 bits per heavy atom. The average molecular weight is 257 g/mol. The van der Waals surface area contributed by atoms with E-state index in [2.05, 4.69) is 55.5 Å². The van der Waals surface area contributed by atoms with Crippen LogP contribution in [0.25, 0.3) is 0 Å². The van der Waals surface area contributed by atoms with Gasteiger partial charge in [0.1, 0.15) is 0 Å². The van der Waals surface area contributed by atoms with E-state index in [4.69, 9.17) is 0 Å². The number of benzene rings is 1. The van der Waals surface area contributed by atoms with Gasteiger partial charge in [0.2, 0.25) is 0 Å². The SMILES string of the molecule is CNC(Cc1cccc(C)c1)c1c(C)nn(C)c1C. The molecule has 1 heterocycles. The molecule has 1 unspecified atom stereocenters. The van der Waals surface area contributed by atoms with Gasteiger partial charge in [0.05, 0.1) is 5.69 Å². The minimum atomic E-state index is 0.315. The summed E-state index contributed by atoms with van der Waals surface area (Å²) < 4.78 is 1.96. The summed E-state index contributed by atoms with van der Waals surface area (Å²) in [5.74, 6) is 0. The maximum absolute atomic E-state index is 4.52. The van der Waals surface area contributed by atoms with Crippen LogP contribution in [0.1, 0.15) is 34.1 Å². The number of rotatable bonds is 4. The molecule has 0 aliphatic heterocycles. The predicted octanol–water partition coefficient (Wildman–Crippen LogP) is 2.85. The molecular weight excluding hydrogens is 234 g/mol. The van der Waals surface area contributed by atoms with Crippen LogP contribution in [0.3, 0.4) is 0 Å². The maximum Gasteiger partial charge on any atom is 0.0644 e. The van der Waals surface area contributed by atoms with Gasteiger partial charge in [-0.25, -0.2) is 0 Å². The quantitative estimate of drug-likeness (QED) is 0.912. The van der Waals surface area contributed by atoms with Crippen molar-refractivity contribution in [3.63, 3.8) is 0 Å². The molecule has 0 amide bonds. The van der Waals surface area contributed by atoms with Crippen molar-refractivity contribution in [2.24, 2.45) is 7.05 Å². The Bertz CT molecular complexity index is 569. The van der Waals surface area contributed by atoms with E-state index in [-0.39, 0.29) is 0 Å². The number of aromatic nitrogens is 2. The molecule has 0 aliphatic carbocycles. The van der Waals surface area contributed by atoms with E-state index in [1.165, 1.54) is 22.4 Å². The third-order valence-electron chi connectivity index (χ3n) is 3.78. The minimum absolute atomic E-state index is 0.315. The standard InChI is InChI=1S/C16H23N3/c1-11-7-6-8-14(9-11)10-15(17-4)16-12(2)18-19(5)13(16)3/h6-9,15,17H,10H2,1-5H3. The molecule has 2 rings (SSSR count). The van der Waals surface area contributed by atoms with Crippen molar-refractivity contribution in [1.29, 1.82) is 0 Å². The van der Waals surface area contributed by atoms with E-state index in [1.54, 1.807) is 0 Å². The lowest BCUT2D eigenvalue weighted by atomic mass is 9.96. The monoisotopic (exact) mass is 257 g/mol. The third kappa shape index (κ3) is 2.87. The zero-order valence-electron chi connectivity index (χ0n) is 12.5. The van der Waals surface area contributed by atoms with Crippen LogP contribution in [0.5, 0.6) is 0 Å². The molecule has 1 N–H and O–H groups in total. The maximum atomic E-state index is 4.52. The molecule has 102 valence electrons. The number of hydrogen-bond acceptors (Lipinski definition) is 2. The zero-order chi connectivity index (χ0) is 14.0. The molecule has 1 atom stereocenters. The van der Waals surface area contributed by atoms with Gasteiger partial charge in [0.15, 0.2) is 0 Å². The van der Waals surface area contributed by atoms with E-state index in [1.807, 2.05) is 18.8 Å². The summed E-state index contributed by atoms with van der Waals surface area (Å²) in [6, 6.07) is 9.03. The number of hydrogen-bond donors (Lipinski definition) is 1.